The van der Waals surface area contributed by atoms with Crippen LogP contribution in [0.2, 0.25) is 5.02 Å². The van der Waals surface area contributed by atoms with E-state index in [1.165, 1.54) is 7.11 Å². The van der Waals surface area contributed by atoms with Crippen molar-refractivity contribution in [1.82, 2.24) is 10.6 Å². The van der Waals surface area contributed by atoms with E-state index in [1.807, 2.05) is 0 Å². The van der Waals surface area contributed by atoms with Crippen molar-refractivity contribution < 1.29 is 14.3 Å². The number of carbonyl (C=O) groups excluding carboxylic acids is 2. The Morgan fingerprint density at radius 2 is 2.10 bits per heavy atom. The number of nitrogens with one attached hydrogen (secondary N) is 2. The van der Waals surface area contributed by atoms with Crippen molar-refractivity contribution in [1.29, 1.82) is 0 Å². The third kappa shape index (κ3) is 2.73. The van der Waals surface area contributed by atoms with Crippen LogP contribution in [-0.4, -0.2) is 25.0 Å². The Morgan fingerprint density at radius 1 is 1.40 bits per heavy atom. The van der Waals surface area contributed by atoms with E-state index >= 15 is 0 Å². The van der Waals surface area contributed by atoms with Crippen molar-refractivity contribution in [2.24, 2.45) is 0 Å². The third-order valence-electron chi connectivity index (χ3n) is 2.91. The molecule has 0 aliphatic carbocycles. The molecule has 7 heteroatoms. The lowest BCUT2D eigenvalue weighted by molar-refractivity contribution is -0.136. The van der Waals surface area contributed by atoms with Crippen LogP contribution in [0.25, 0.3) is 0 Å². The highest BCUT2D eigenvalue weighted by molar-refractivity contribution is 6.31. The van der Waals surface area contributed by atoms with E-state index in [0.29, 0.717) is 16.3 Å². The molecule has 0 saturated carbocycles. The fourth-order valence-electron chi connectivity index (χ4n) is 2.02. The first-order valence-electron chi connectivity index (χ1n) is 5.77. The number of alkyl halides is 1. The summed E-state index contributed by atoms with van der Waals surface area (Å²) in [6, 6.07) is 5.80. The quantitative estimate of drug-likeness (QED) is 0.665. The number of allylic oxidation sites excluding steroid dienone is 1. The molecule has 0 radical (unpaired) electrons. The van der Waals surface area contributed by atoms with E-state index in [1.54, 1.807) is 24.3 Å². The van der Waals surface area contributed by atoms with Crippen LogP contribution < -0.4 is 10.6 Å². The van der Waals surface area contributed by atoms with E-state index in [2.05, 4.69) is 10.6 Å². The van der Waals surface area contributed by atoms with E-state index in [4.69, 9.17) is 27.9 Å². The largest absolute Gasteiger partial charge is 0.466 e. The third-order valence-corrected chi connectivity index (χ3v) is 3.52. The average molecular weight is 315 g/mol. The van der Waals surface area contributed by atoms with Crippen LogP contribution in [-0.2, 0) is 9.53 Å². The summed E-state index contributed by atoms with van der Waals surface area (Å²) in [5.41, 5.74) is 1.16. The van der Waals surface area contributed by atoms with Gasteiger partial charge in [-0.3, -0.25) is 0 Å². The number of ether oxygens (including phenoxy) is 1. The molecule has 2 N–H and O–H groups in total. The summed E-state index contributed by atoms with van der Waals surface area (Å²) in [6.45, 7) is 0. The van der Waals surface area contributed by atoms with Crippen molar-refractivity contribution in [3.05, 3.63) is 46.1 Å². The molecule has 106 valence electrons. The van der Waals surface area contributed by atoms with E-state index in [9.17, 15) is 9.59 Å². The standard InChI is InChI=1S/C13H12Cl2N2O3/c1-20-12(18)10-9(6-14)16-13(19)17-11(10)7-4-2-3-5-8(7)15/h2-5,11H,6H2,1H3,(H2,16,17,19)/t11-/m0/s1. The van der Waals surface area contributed by atoms with Crippen LogP contribution in [0.1, 0.15) is 11.6 Å². The number of methoxy groups -OCH3 is 1. The monoisotopic (exact) mass is 314 g/mol. The van der Waals surface area contributed by atoms with Gasteiger partial charge >= 0.3 is 12.0 Å². The fourth-order valence-corrected chi connectivity index (χ4v) is 2.47. The van der Waals surface area contributed by atoms with Crippen LogP contribution in [0.4, 0.5) is 4.79 Å². The van der Waals surface area contributed by atoms with Crippen LogP contribution in [0, 0.1) is 0 Å². The maximum absolute atomic E-state index is 12.0. The maximum atomic E-state index is 12.0. The van der Waals surface area contributed by atoms with Gasteiger partial charge in [-0.05, 0) is 11.6 Å². The van der Waals surface area contributed by atoms with Crippen LogP contribution in [0.15, 0.2) is 35.5 Å². The normalized spacial score (nSPS) is 18.4. The fraction of sp³-hybridized carbons (Fsp3) is 0.231. The molecule has 0 fully saturated rings. The summed E-state index contributed by atoms with van der Waals surface area (Å²) in [4.78, 5) is 23.6. The van der Waals surface area contributed by atoms with E-state index in [0.717, 1.165) is 0 Å². The predicted molar refractivity (Wildman–Crippen MR) is 75.6 cm³/mol. The highest BCUT2D eigenvalue weighted by Gasteiger charge is 2.33. The Morgan fingerprint density at radius 3 is 2.70 bits per heavy atom. The lowest BCUT2D eigenvalue weighted by Gasteiger charge is -2.28. The Labute approximate surface area is 125 Å². The van der Waals surface area contributed by atoms with Crippen molar-refractivity contribution in [2.45, 2.75) is 6.04 Å². The molecular weight excluding hydrogens is 303 g/mol. The highest BCUT2D eigenvalue weighted by atomic mass is 35.5. The number of amides is 2. The number of hydrogen-bond acceptors (Lipinski definition) is 3. The van der Waals surface area contributed by atoms with Gasteiger partial charge in [-0.1, -0.05) is 29.8 Å². The van der Waals surface area contributed by atoms with Crippen molar-refractivity contribution >= 4 is 35.2 Å². The van der Waals surface area contributed by atoms with E-state index in [-0.39, 0.29) is 11.5 Å². The van der Waals surface area contributed by atoms with Gasteiger partial charge in [0.15, 0.2) is 0 Å². The first kappa shape index (κ1) is 14.7. The zero-order chi connectivity index (χ0) is 14.7. The van der Waals surface area contributed by atoms with Crippen molar-refractivity contribution in [3.63, 3.8) is 0 Å². The number of hydrogen-bond donors (Lipinski definition) is 2. The minimum absolute atomic E-state index is 0.0151. The number of carbonyl (C=O) groups is 2. The summed E-state index contributed by atoms with van der Waals surface area (Å²) in [7, 11) is 1.27. The highest BCUT2D eigenvalue weighted by Crippen LogP contribution is 2.32. The SMILES string of the molecule is COC(=O)C1=C(CCl)NC(=O)N[C@H]1c1ccccc1Cl. The molecule has 0 aromatic heterocycles. The van der Waals surface area contributed by atoms with Gasteiger partial charge in [0.1, 0.15) is 0 Å². The number of urea groups is 1. The molecule has 20 heavy (non-hydrogen) atoms. The van der Waals surface area contributed by atoms with Gasteiger partial charge in [-0.15, -0.1) is 11.6 Å². The molecule has 0 saturated heterocycles. The molecule has 1 heterocycles. The van der Waals surface area contributed by atoms with Crippen LogP contribution in [0.5, 0.6) is 0 Å². The van der Waals surface area contributed by atoms with Crippen LogP contribution >= 0.6 is 23.2 Å². The van der Waals surface area contributed by atoms with Crippen LogP contribution in [0.3, 0.4) is 0 Å². The molecule has 0 bridgehead atoms. The van der Waals surface area contributed by atoms with Gasteiger partial charge in [-0.25, -0.2) is 9.59 Å². The average Bonchev–Trinajstić information content (AvgIpc) is 2.46. The molecule has 5 nitrogen and oxygen atoms in total. The lowest BCUT2D eigenvalue weighted by Crippen LogP contribution is -2.46. The Kier molecular flexibility index (Phi) is 4.52. The second-order valence-corrected chi connectivity index (χ2v) is 4.74. The van der Waals surface area contributed by atoms with Crippen molar-refractivity contribution in [3.8, 4) is 0 Å². The molecule has 2 amide bonds. The summed E-state index contributed by atoms with van der Waals surface area (Å²) < 4.78 is 4.76. The summed E-state index contributed by atoms with van der Waals surface area (Å²) in [6.07, 6.45) is 0. The van der Waals surface area contributed by atoms with Crippen molar-refractivity contribution in [2.75, 3.05) is 13.0 Å². The van der Waals surface area contributed by atoms with Gasteiger partial charge in [0.25, 0.3) is 0 Å². The molecule has 1 atom stereocenters. The van der Waals surface area contributed by atoms with Gasteiger partial charge in [0.2, 0.25) is 0 Å². The minimum atomic E-state index is -0.696. The zero-order valence-corrected chi connectivity index (χ0v) is 12.1. The molecule has 1 aliphatic rings. The summed E-state index contributed by atoms with van der Waals surface area (Å²) >= 11 is 11.9. The predicted octanol–water partition coefficient (Wildman–Crippen LogP) is 2.36. The number of halogens is 2. The minimum Gasteiger partial charge on any atom is -0.466 e. The number of esters is 1. The Balaban J connectivity index is 2.56. The molecule has 1 aliphatic heterocycles. The number of rotatable bonds is 3. The number of benzene rings is 1. The first-order valence-corrected chi connectivity index (χ1v) is 6.69. The zero-order valence-electron chi connectivity index (χ0n) is 10.6. The maximum Gasteiger partial charge on any atom is 0.338 e. The smallest absolute Gasteiger partial charge is 0.338 e. The Bertz CT molecular complexity index is 587. The molecule has 0 unspecified atom stereocenters. The van der Waals surface area contributed by atoms with Gasteiger partial charge in [0, 0.05) is 10.7 Å². The van der Waals surface area contributed by atoms with E-state index < -0.39 is 18.0 Å². The van der Waals surface area contributed by atoms with Gasteiger partial charge < -0.3 is 15.4 Å². The summed E-state index contributed by atoms with van der Waals surface area (Å²) in [5, 5.41) is 5.60. The molecule has 0 spiro atoms. The summed E-state index contributed by atoms with van der Waals surface area (Å²) in [5.74, 6) is -0.586. The molecular formula is C13H12Cl2N2O3. The Hall–Kier alpha value is -1.72. The second kappa shape index (κ2) is 6.15. The first-order chi connectivity index (χ1) is 9.58. The van der Waals surface area contributed by atoms with Gasteiger partial charge in [-0.2, -0.15) is 0 Å². The molecule has 1 aromatic rings. The molecule has 2 rings (SSSR count). The second-order valence-electron chi connectivity index (χ2n) is 4.07. The topological polar surface area (TPSA) is 67.4 Å². The van der Waals surface area contributed by atoms with Gasteiger partial charge in [0.05, 0.1) is 24.6 Å². The lowest BCUT2D eigenvalue weighted by atomic mass is 9.95. The molecule has 1 aromatic carbocycles.